The van der Waals surface area contributed by atoms with Gasteiger partial charge >= 0.3 is 0 Å². The zero-order chi connectivity index (χ0) is 15.7. The summed E-state index contributed by atoms with van der Waals surface area (Å²) in [6, 6.07) is 2.06. The van der Waals surface area contributed by atoms with E-state index in [4.69, 9.17) is 9.47 Å². The Bertz CT molecular complexity index is 629. The third kappa shape index (κ3) is 2.46. The summed E-state index contributed by atoms with van der Waals surface area (Å²) in [6.45, 7) is 5.38. The van der Waals surface area contributed by atoms with Gasteiger partial charge in [0, 0.05) is 5.56 Å². The lowest BCUT2D eigenvalue weighted by molar-refractivity contribution is 0.167. The molecule has 0 unspecified atom stereocenters. The molecular weight excluding hydrogens is 346 g/mol. The number of isocyanates is 1. The van der Waals surface area contributed by atoms with Crippen LogP contribution in [-0.4, -0.2) is 19.3 Å². The standard InChI is InChI=1S/C17H20BrNO3/c1-11(2)14-12(17(19-10-20)5-3-4-6-17)9-13(18)15-16(14)22-8-7-21-15/h9,11H,3-8H2,1-2H3. The summed E-state index contributed by atoms with van der Waals surface area (Å²) in [6.07, 6.45) is 5.72. The third-order valence-corrected chi connectivity index (χ3v) is 5.16. The van der Waals surface area contributed by atoms with Gasteiger partial charge < -0.3 is 9.47 Å². The van der Waals surface area contributed by atoms with Gasteiger partial charge in [0.1, 0.15) is 13.2 Å². The Kier molecular flexibility index (Phi) is 4.28. The number of halogens is 1. The Morgan fingerprint density at radius 2 is 1.86 bits per heavy atom. The molecule has 4 nitrogen and oxygen atoms in total. The van der Waals surface area contributed by atoms with Crippen molar-refractivity contribution in [2.45, 2.75) is 51.0 Å². The van der Waals surface area contributed by atoms with Crippen LogP contribution < -0.4 is 9.47 Å². The highest BCUT2D eigenvalue weighted by atomic mass is 79.9. The van der Waals surface area contributed by atoms with Crippen LogP contribution in [-0.2, 0) is 10.3 Å². The predicted octanol–water partition coefficient (Wildman–Crippen LogP) is 4.45. The first-order valence-electron chi connectivity index (χ1n) is 7.80. The second-order valence-electron chi connectivity index (χ2n) is 6.27. The summed E-state index contributed by atoms with van der Waals surface area (Å²) >= 11 is 3.59. The topological polar surface area (TPSA) is 47.9 Å². The smallest absolute Gasteiger partial charge is 0.235 e. The number of rotatable bonds is 3. The molecule has 0 saturated heterocycles. The van der Waals surface area contributed by atoms with Crippen LogP contribution in [0.1, 0.15) is 56.6 Å². The Morgan fingerprint density at radius 1 is 1.23 bits per heavy atom. The molecule has 1 heterocycles. The molecule has 0 radical (unpaired) electrons. The number of hydrogen-bond donors (Lipinski definition) is 0. The molecule has 0 amide bonds. The summed E-state index contributed by atoms with van der Waals surface area (Å²) in [5.41, 5.74) is 1.73. The number of nitrogens with zero attached hydrogens (tertiary/aromatic N) is 1. The van der Waals surface area contributed by atoms with Crippen molar-refractivity contribution in [3.63, 3.8) is 0 Å². The molecule has 0 spiro atoms. The molecule has 0 aromatic heterocycles. The molecule has 0 N–H and O–H groups in total. The maximum Gasteiger partial charge on any atom is 0.235 e. The summed E-state index contributed by atoms with van der Waals surface area (Å²) in [4.78, 5) is 15.3. The molecule has 22 heavy (non-hydrogen) atoms. The maximum absolute atomic E-state index is 11.0. The normalized spacial score (nSPS) is 19.1. The highest BCUT2D eigenvalue weighted by Crippen LogP contribution is 2.52. The summed E-state index contributed by atoms with van der Waals surface area (Å²) in [5.74, 6) is 1.83. The van der Waals surface area contributed by atoms with Gasteiger partial charge in [-0.25, -0.2) is 4.79 Å². The Morgan fingerprint density at radius 3 is 2.45 bits per heavy atom. The molecule has 0 bridgehead atoms. The minimum absolute atomic E-state index is 0.262. The molecule has 1 saturated carbocycles. The Hall–Kier alpha value is -1.32. The molecule has 1 aromatic carbocycles. The second-order valence-corrected chi connectivity index (χ2v) is 7.13. The van der Waals surface area contributed by atoms with Gasteiger partial charge in [-0.05, 0) is 46.3 Å². The van der Waals surface area contributed by atoms with E-state index < -0.39 is 5.54 Å². The number of carbonyl (C=O) groups excluding carboxylic acids is 1. The van der Waals surface area contributed by atoms with E-state index in [1.54, 1.807) is 6.08 Å². The Balaban J connectivity index is 2.26. The van der Waals surface area contributed by atoms with Gasteiger partial charge in [-0.3, -0.25) is 0 Å². The van der Waals surface area contributed by atoms with Crippen molar-refractivity contribution in [2.24, 2.45) is 4.99 Å². The lowest BCUT2D eigenvalue weighted by Crippen LogP contribution is -2.24. The highest BCUT2D eigenvalue weighted by Gasteiger charge is 2.40. The van der Waals surface area contributed by atoms with Crippen LogP contribution in [0.2, 0.25) is 0 Å². The summed E-state index contributed by atoms with van der Waals surface area (Å²) in [7, 11) is 0. The van der Waals surface area contributed by atoms with Crippen molar-refractivity contribution in [1.29, 1.82) is 0 Å². The van der Waals surface area contributed by atoms with E-state index >= 15 is 0 Å². The van der Waals surface area contributed by atoms with E-state index in [2.05, 4.69) is 40.8 Å². The van der Waals surface area contributed by atoms with Crippen LogP contribution in [0.4, 0.5) is 0 Å². The van der Waals surface area contributed by atoms with E-state index in [1.165, 1.54) is 0 Å². The zero-order valence-electron chi connectivity index (χ0n) is 12.9. The summed E-state index contributed by atoms with van der Waals surface area (Å²) in [5, 5.41) is 0. The van der Waals surface area contributed by atoms with Crippen LogP contribution in [0.5, 0.6) is 11.5 Å². The number of hydrogen-bond acceptors (Lipinski definition) is 4. The van der Waals surface area contributed by atoms with Gasteiger partial charge in [-0.2, -0.15) is 4.99 Å². The molecule has 1 aliphatic carbocycles. The van der Waals surface area contributed by atoms with Crippen LogP contribution >= 0.6 is 15.9 Å². The quantitative estimate of drug-likeness (QED) is 0.587. The van der Waals surface area contributed by atoms with Crippen LogP contribution in [0.15, 0.2) is 15.5 Å². The van der Waals surface area contributed by atoms with Gasteiger partial charge in [0.15, 0.2) is 11.5 Å². The van der Waals surface area contributed by atoms with Gasteiger partial charge in [-0.1, -0.05) is 26.7 Å². The maximum atomic E-state index is 11.0. The predicted molar refractivity (Wildman–Crippen MR) is 87.5 cm³/mol. The molecule has 1 aliphatic heterocycles. The van der Waals surface area contributed by atoms with Crippen LogP contribution in [0.25, 0.3) is 0 Å². The number of benzene rings is 1. The van der Waals surface area contributed by atoms with Crippen LogP contribution in [0, 0.1) is 0 Å². The molecule has 1 aromatic rings. The fourth-order valence-corrected chi connectivity index (χ4v) is 4.16. The fourth-order valence-electron chi connectivity index (χ4n) is 3.64. The van der Waals surface area contributed by atoms with Crippen molar-refractivity contribution in [2.75, 3.05) is 13.2 Å². The zero-order valence-corrected chi connectivity index (χ0v) is 14.5. The average molecular weight is 366 g/mol. The van der Waals surface area contributed by atoms with Gasteiger partial charge in [0.25, 0.3) is 0 Å². The first-order valence-corrected chi connectivity index (χ1v) is 8.60. The summed E-state index contributed by atoms with van der Waals surface area (Å²) < 4.78 is 12.6. The lowest BCUT2D eigenvalue weighted by Gasteiger charge is -2.32. The third-order valence-electron chi connectivity index (χ3n) is 4.57. The first-order chi connectivity index (χ1) is 10.6. The van der Waals surface area contributed by atoms with Gasteiger partial charge in [0.2, 0.25) is 6.08 Å². The van der Waals surface area contributed by atoms with Crippen molar-refractivity contribution in [1.82, 2.24) is 0 Å². The van der Waals surface area contributed by atoms with Crippen molar-refractivity contribution in [3.05, 3.63) is 21.7 Å². The monoisotopic (exact) mass is 365 g/mol. The van der Waals surface area contributed by atoms with E-state index in [1.807, 2.05) is 0 Å². The molecule has 2 aliphatic rings. The molecule has 3 rings (SSSR count). The fraction of sp³-hybridized carbons (Fsp3) is 0.588. The molecule has 1 fully saturated rings. The Labute approximate surface area is 139 Å². The minimum Gasteiger partial charge on any atom is -0.486 e. The number of aliphatic imine (C=N–C) groups is 1. The van der Waals surface area contributed by atoms with Crippen LogP contribution in [0.3, 0.4) is 0 Å². The molecule has 0 atom stereocenters. The van der Waals surface area contributed by atoms with Crippen molar-refractivity contribution < 1.29 is 14.3 Å². The number of ether oxygens (including phenoxy) is 2. The number of fused-ring (bicyclic) bond motifs is 1. The SMILES string of the molecule is CC(C)c1c(C2(N=C=O)CCCC2)cc(Br)c2c1OCCO2. The second kappa shape index (κ2) is 6.05. The molecular formula is C17H20BrNO3. The van der Waals surface area contributed by atoms with E-state index in [0.29, 0.717) is 13.2 Å². The molecule has 118 valence electrons. The van der Waals surface area contributed by atoms with Gasteiger partial charge in [0.05, 0.1) is 10.0 Å². The lowest BCUT2D eigenvalue weighted by atomic mass is 9.81. The average Bonchev–Trinajstić information content (AvgIpc) is 2.97. The van der Waals surface area contributed by atoms with Crippen molar-refractivity contribution in [3.8, 4) is 11.5 Å². The van der Waals surface area contributed by atoms with E-state index in [0.717, 1.165) is 52.8 Å². The van der Waals surface area contributed by atoms with Crippen molar-refractivity contribution >= 4 is 22.0 Å². The van der Waals surface area contributed by atoms with Gasteiger partial charge in [-0.15, -0.1) is 0 Å². The largest absolute Gasteiger partial charge is 0.486 e. The highest BCUT2D eigenvalue weighted by molar-refractivity contribution is 9.10. The van der Waals surface area contributed by atoms with E-state index in [-0.39, 0.29) is 5.92 Å². The first kappa shape index (κ1) is 15.6. The minimum atomic E-state index is -0.459. The van der Waals surface area contributed by atoms with E-state index in [9.17, 15) is 4.79 Å². The molecule has 5 heteroatoms.